The van der Waals surface area contributed by atoms with Crippen LogP contribution in [0.15, 0.2) is 72.8 Å². The molecule has 0 fully saturated rings. The number of alkyl halides is 3. The lowest BCUT2D eigenvalue weighted by molar-refractivity contribution is -0.137. The minimum absolute atomic E-state index is 0.0530. The number of carbonyl (C=O) groups is 2. The van der Waals surface area contributed by atoms with Crippen molar-refractivity contribution in [2.24, 2.45) is 7.05 Å². The number of aromatic carboxylic acids is 1. The Morgan fingerprint density at radius 1 is 0.938 bits per heavy atom. The number of fused-ring (bicyclic) bond motifs is 1. The van der Waals surface area contributed by atoms with Crippen LogP contribution in [0.3, 0.4) is 0 Å². The van der Waals surface area contributed by atoms with Crippen molar-refractivity contribution in [1.82, 2.24) is 4.57 Å². The summed E-state index contributed by atoms with van der Waals surface area (Å²) >= 11 is 0. The van der Waals surface area contributed by atoms with Crippen LogP contribution in [0.4, 0.5) is 18.9 Å². The molecule has 0 aliphatic carbocycles. The lowest BCUT2D eigenvalue weighted by atomic mass is 9.94. The summed E-state index contributed by atoms with van der Waals surface area (Å²) in [5.41, 5.74) is 0.0375. The van der Waals surface area contributed by atoms with Gasteiger partial charge in [0.2, 0.25) is 0 Å². The molecule has 1 amide bonds. The summed E-state index contributed by atoms with van der Waals surface area (Å²) in [6.07, 6.45) is -4.72. The van der Waals surface area contributed by atoms with E-state index in [1.165, 1.54) is 34.9 Å². The Morgan fingerprint density at radius 2 is 1.66 bits per heavy atom. The van der Waals surface area contributed by atoms with Gasteiger partial charge in [0.15, 0.2) is 0 Å². The second-order valence-electron chi connectivity index (χ2n) is 7.21. The van der Waals surface area contributed by atoms with E-state index in [4.69, 9.17) is 0 Å². The second-order valence-corrected chi connectivity index (χ2v) is 7.21. The van der Waals surface area contributed by atoms with Crippen molar-refractivity contribution < 1.29 is 27.9 Å². The Kier molecular flexibility index (Phi) is 5.22. The van der Waals surface area contributed by atoms with Crippen LogP contribution in [-0.4, -0.2) is 21.6 Å². The first-order valence-corrected chi connectivity index (χ1v) is 9.56. The standard InChI is InChI=1S/C24H17F3N2O3/c1-29-19-11-10-16(12-15(19)13-20(29)23(31)32)28-22(30)21-17(14-6-3-2-4-7-14)8-5-9-18(21)24(25,26)27/h2-13H,1H3,(H,28,30)(H,31,32). The van der Waals surface area contributed by atoms with E-state index in [-0.39, 0.29) is 16.9 Å². The van der Waals surface area contributed by atoms with Crippen LogP contribution >= 0.6 is 0 Å². The third kappa shape index (κ3) is 3.82. The van der Waals surface area contributed by atoms with E-state index < -0.39 is 29.2 Å². The highest BCUT2D eigenvalue weighted by Gasteiger charge is 2.36. The van der Waals surface area contributed by atoms with E-state index in [1.807, 2.05) is 0 Å². The van der Waals surface area contributed by atoms with E-state index in [2.05, 4.69) is 5.32 Å². The number of benzene rings is 3. The number of carbonyl (C=O) groups excluding carboxylic acids is 1. The molecule has 4 rings (SSSR count). The van der Waals surface area contributed by atoms with Crippen LogP contribution in [0.5, 0.6) is 0 Å². The predicted octanol–water partition coefficient (Wildman–Crippen LogP) is 5.81. The van der Waals surface area contributed by atoms with Crippen molar-refractivity contribution in [3.63, 3.8) is 0 Å². The molecule has 0 unspecified atom stereocenters. The van der Waals surface area contributed by atoms with Gasteiger partial charge in [0.05, 0.1) is 11.1 Å². The number of carboxylic acids is 1. The fourth-order valence-electron chi connectivity index (χ4n) is 3.72. The molecule has 0 bridgehead atoms. The molecule has 0 saturated heterocycles. The zero-order valence-electron chi connectivity index (χ0n) is 16.8. The quantitative estimate of drug-likeness (QED) is 0.422. The molecular weight excluding hydrogens is 421 g/mol. The summed E-state index contributed by atoms with van der Waals surface area (Å²) in [5, 5.41) is 12.4. The first-order chi connectivity index (χ1) is 15.2. The Morgan fingerprint density at radius 3 is 2.31 bits per heavy atom. The third-order valence-electron chi connectivity index (χ3n) is 5.20. The summed E-state index contributed by atoms with van der Waals surface area (Å²) in [6, 6.07) is 18.1. The lowest BCUT2D eigenvalue weighted by Gasteiger charge is -2.17. The number of anilines is 1. The third-order valence-corrected chi connectivity index (χ3v) is 5.20. The van der Waals surface area contributed by atoms with E-state index in [1.54, 1.807) is 43.4 Å². The molecule has 162 valence electrons. The number of hydrogen-bond donors (Lipinski definition) is 2. The number of aryl methyl sites for hydroxylation is 1. The fourth-order valence-corrected chi connectivity index (χ4v) is 3.72. The van der Waals surface area contributed by atoms with Crippen molar-refractivity contribution in [3.05, 3.63) is 89.6 Å². The molecular formula is C24H17F3N2O3. The molecule has 0 atom stereocenters. The fraction of sp³-hybridized carbons (Fsp3) is 0.0833. The number of halogens is 3. The summed E-state index contributed by atoms with van der Waals surface area (Å²) < 4.78 is 42.7. The molecule has 1 heterocycles. The van der Waals surface area contributed by atoms with Gasteiger partial charge in [0, 0.05) is 23.6 Å². The molecule has 2 N–H and O–H groups in total. The number of hydrogen-bond acceptors (Lipinski definition) is 2. The number of amides is 1. The van der Waals surface area contributed by atoms with Gasteiger partial charge in [-0.05, 0) is 41.5 Å². The SMILES string of the molecule is Cn1c(C(=O)O)cc2cc(NC(=O)c3c(-c4ccccc4)cccc3C(F)(F)F)ccc21. The molecule has 8 heteroatoms. The number of nitrogens with zero attached hydrogens (tertiary/aromatic N) is 1. The minimum atomic E-state index is -4.72. The van der Waals surface area contributed by atoms with Gasteiger partial charge in [-0.3, -0.25) is 4.79 Å². The van der Waals surface area contributed by atoms with Crippen molar-refractivity contribution in [1.29, 1.82) is 0 Å². The normalized spacial score (nSPS) is 11.5. The van der Waals surface area contributed by atoms with E-state index in [0.29, 0.717) is 16.5 Å². The highest BCUT2D eigenvalue weighted by Crippen LogP contribution is 2.37. The summed E-state index contributed by atoms with van der Waals surface area (Å²) in [7, 11) is 1.59. The van der Waals surface area contributed by atoms with Crippen LogP contribution in [0.25, 0.3) is 22.0 Å². The maximum absolute atomic E-state index is 13.7. The highest BCUT2D eigenvalue weighted by molar-refractivity contribution is 6.10. The second kappa shape index (κ2) is 7.88. The number of aromatic nitrogens is 1. The van der Waals surface area contributed by atoms with Gasteiger partial charge in [0.25, 0.3) is 5.91 Å². The molecule has 0 aliphatic rings. The molecule has 0 aliphatic heterocycles. The summed E-state index contributed by atoms with van der Waals surface area (Å²) in [5.74, 6) is -2.02. The van der Waals surface area contributed by atoms with Crippen LogP contribution in [0.1, 0.15) is 26.4 Å². The smallest absolute Gasteiger partial charge is 0.417 e. The maximum Gasteiger partial charge on any atom is 0.417 e. The largest absolute Gasteiger partial charge is 0.477 e. The van der Waals surface area contributed by atoms with Crippen molar-refractivity contribution in [3.8, 4) is 11.1 Å². The Balaban J connectivity index is 1.79. The first kappa shape index (κ1) is 21.2. The van der Waals surface area contributed by atoms with Crippen molar-refractivity contribution >= 4 is 28.5 Å². The van der Waals surface area contributed by atoms with E-state index in [0.717, 1.165) is 6.07 Å². The van der Waals surface area contributed by atoms with Gasteiger partial charge in [-0.15, -0.1) is 0 Å². The molecule has 32 heavy (non-hydrogen) atoms. The van der Waals surface area contributed by atoms with Crippen LogP contribution < -0.4 is 5.32 Å². The molecule has 0 spiro atoms. The van der Waals surface area contributed by atoms with E-state index in [9.17, 15) is 27.9 Å². The first-order valence-electron chi connectivity index (χ1n) is 9.56. The van der Waals surface area contributed by atoms with Gasteiger partial charge in [-0.1, -0.05) is 42.5 Å². The van der Waals surface area contributed by atoms with Crippen molar-refractivity contribution in [2.45, 2.75) is 6.18 Å². The van der Waals surface area contributed by atoms with Gasteiger partial charge in [0.1, 0.15) is 5.69 Å². The monoisotopic (exact) mass is 438 g/mol. The van der Waals surface area contributed by atoms with Gasteiger partial charge in [-0.2, -0.15) is 13.2 Å². The zero-order chi connectivity index (χ0) is 23.0. The number of carboxylic acid groups (broad SMARTS) is 1. The van der Waals surface area contributed by atoms with Gasteiger partial charge in [-0.25, -0.2) is 4.79 Å². The van der Waals surface area contributed by atoms with Gasteiger partial charge >= 0.3 is 12.1 Å². The average Bonchev–Trinajstić information content (AvgIpc) is 3.09. The maximum atomic E-state index is 13.7. The number of nitrogens with one attached hydrogen (secondary N) is 1. The molecule has 3 aromatic carbocycles. The van der Waals surface area contributed by atoms with E-state index >= 15 is 0 Å². The topological polar surface area (TPSA) is 71.3 Å². The van der Waals surface area contributed by atoms with Crippen LogP contribution in [0.2, 0.25) is 0 Å². The molecule has 1 aromatic heterocycles. The molecule has 4 aromatic rings. The number of rotatable bonds is 4. The Bertz CT molecular complexity index is 1340. The average molecular weight is 438 g/mol. The minimum Gasteiger partial charge on any atom is -0.477 e. The zero-order valence-corrected chi connectivity index (χ0v) is 16.8. The van der Waals surface area contributed by atoms with Crippen molar-refractivity contribution in [2.75, 3.05) is 5.32 Å². The Labute approximate surface area is 180 Å². The lowest BCUT2D eigenvalue weighted by Crippen LogP contribution is -2.20. The molecule has 0 saturated carbocycles. The highest BCUT2D eigenvalue weighted by atomic mass is 19.4. The predicted molar refractivity (Wildman–Crippen MR) is 115 cm³/mol. The van der Waals surface area contributed by atoms with Crippen LogP contribution in [-0.2, 0) is 13.2 Å². The summed E-state index contributed by atoms with van der Waals surface area (Å²) in [4.78, 5) is 24.4. The van der Waals surface area contributed by atoms with Gasteiger partial charge < -0.3 is 15.0 Å². The Hall–Kier alpha value is -4.07. The molecule has 0 radical (unpaired) electrons. The molecule has 5 nitrogen and oxygen atoms in total. The summed E-state index contributed by atoms with van der Waals surface area (Å²) in [6.45, 7) is 0. The van der Waals surface area contributed by atoms with Crippen LogP contribution in [0, 0.1) is 0 Å².